The molecule has 0 aliphatic rings. The normalized spacial score (nSPS) is 10.6. The van der Waals surface area contributed by atoms with E-state index in [0.29, 0.717) is 32.7 Å². The van der Waals surface area contributed by atoms with Gasteiger partial charge in [0.2, 0.25) is 0 Å². The summed E-state index contributed by atoms with van der Waals surface area (Å²) in [5.74, 6) is 0.436. The molecule has 0 saturated carbocycles. The van der Waals surface area contributed by atoms with Crippen molar-refractivity contribution in [3.63, 3.8) is 0 Å². The standard InChI is InChI=1S/C12H10Cl2N2O/c1-6-7(2)15-11(16-12(6)17)8-4-3-5-9(13)10(8)14/h3-5H,1-2H3,(H,15,16,17). The summed E-state index contributed by atoms with van der Waals surface area (Å²) in [5.41, 5.74) is 1.75. The average Bonchev–Trinajstić information content (AvgIpc) is 2.29. The van der Waals surface area contributed by atoms with Crippen LogP contribution in [-0.4, -0.2) is 9.97 Å². The van der Waals surface area contributed by atoms with Gasteiger partial charge in [-0.25, -0.2) is 4.98 Å². The lowest BCUT2D eigenvalue weighted by Gasteiger charge is -2.07. The molecule has 0 amide bonds. The minimum absolute atomic E-state index is 0.163. The molecule has 0 unspecified atom stereocenters. The quantitative estimate of drug-likeness (QED) is 0.862. The van der Waals surface area contributed by atoms with Crippen molar-refractivity contribution in [2.75, 3.05) is 0 Å². The van der Waals surface area contributed by atoms with Crippen LogP contribution in [0.1, 0.15) is 11.3 Å². The van der Waals surface area contributed by atoms with Crippen LogP contribution in [0, 0.1) is 13.8 Å². The first kappa shape index (κ1) is 12.1. The number of benzene rings is 1. The maximum absolute atomic E-state index is 11.7. The fourth-order valence-electron chi connectivity index (χ4n) is 1.46. The Morgan fingerprint density at radius 2 is 1.94 bits per heavy atom. The van der Waals surface area contributed by atoms with Gasteiger partial charge in [-0.15, -0.1) is 0 Å². The van der Waals surface area contributed by atoms with E-state index < -0.39 is 0 Å². The first-order valence-corrected chi connectivity index (χ1v) is 5.78. The van der Waals surface area contributed by atoms with Gasteiger partial charge in [-0.2, -0.15) is 0 Å². The van der Waals surface area contributed by atoms with Crippen LogP contribution in [0.15, 0.2) is 23.0 Å². The number of aryl methyl sites for hydroxylation is 1. The van der Waals surface area contributed by atoms with Crippen LogP contribution in [0.25, 0.3) is 11.4 Å². The number of nitrogens with zero attached hydrogens (tertiary/aromatic N) is 1. The largest absolute Gasteiger partial charge is 0.306 e. The van der Waals surface area contributed by atoms with Crippen molar-refractivity contribution in [1.82, 2.24) is 9.97 Å². The van der Waals surface area contributed by atoms with Gasteiger partial charge in [0.15, 0.2) is 0 Å². The molecule has 2 aromatic rings. The van der Waals surface area contributed by atoms with E-state index >= 15 is 0 Å². The molecule has 0 bridgehead atoms. The highest BCUT2D eigenvalue weighted by atomic mass is 35.5. The highest BCUT2D eigenvalue weighted by Gasteiger charge is 2.10. The van der Waals surface area contributed by atoms with Gasteiger partial charge in [0.25, 0.3) is 5.56 Å². The maximum atomic E-state index is 11.7. The Balaban J connectivity index is 2.70. The van der Waals surface area contributed by atoms with Crippen LogP contribution in [0.5, 0.6) is 0 Å². The minimum atomic E-state index is -0.163. The molecule has 0 atom stereocenters. The number of aromatic amines is 1. The van der Waals surface area contributed by atoms with Gasteiger partial charge in [0.1, 0.15) is 5.82 Å². The molecular formula is C12H10Cl2N2O. The maximum Gasteiger partial charge on any atom is 0.254 e. The van der Waals surface area contributed by atoms with Crippen molar-refractivity contribution in [2.45, 2.75) is 13.8 Å². The molecular weight excluding hydrogens is 259 g/mol. The van der Waals surface area contributed by atoms with E-state index in [0.717, 1.165) is 0 Å². The SMILES string of the molecule is Cc1nc(-c2cccc(Cl)c2Cl)[nH]c(=O)c1C. The second kappa shape index (κ2) is 4.51. The smallest absolute Gasteiger partial charge is 0.254 e. The number of aromatic nitrogens is 2. The zero-order valence-corrected chi connectivity index (χ0v) is 10.9. The molecule has 0 radical (unpaired) electrons. The molecule has 3 nitrogen and oxygen atoms in total. The van der Waals surface area contributed by atoms with E-state index in [1.165, 1.54) is 0 Å². The minimum Gasteiger partial charge on any atom is -0.306 e. The molecule has 0 spiro atoms. The Bertz CT molecular complexity index is 635. The summed E-state index contributed by atoms with van der Waals surface area (Å²) >= 11 is 12.0. The first-order valence-electron chi connectivity index (χ1n) is 5.02. The summed E-state index contributed by atoms with van der Waals surface area (Å²) in [6.45, 7) is 3.51. The van der Waals surface area contributed by atoms with Gasteiger partial charge in [-0.1, -0.05) is 29.3 Å². The van der Waals surface area contributed by atoms with Gasteiger partial charge < -0.3 is 4.98 Å². The Morgan fingerprint density at radius 1 is 1.24 bits per heavy atom. The van der Waals surface area contributed by atoms with Crippen molar-refractivity contribution >= 4 is 23.2 Å². The molecule has 88 valence electrons. The molecule has 5 heteroatoms. The molecule has 1 N–H and O–H groups in total. The van der Waals surface area contributed by atoms with Crippen LogP contribution in [0.4, 0.5) is 0 Å². The predicted octanol–water partition coefficient (Wildman–Crippen LogP) is 3.36. The van der Waals surface area contributed by atoms with Crippen molar-refractivity contribution < 1.29 is 0 Å². The molecule has 0 aliphatic heterocycles. The molecule has 1 aromatic heterocycles. The third-order valence-electron chi connectivity index (χ3n) is 2.60. The number of nitrogens with one attached hydrogen (secondary N) is 1. The topological polar surface area (TPSA) is 45.8 Å². The van der Waals surface area contributed by atoms with E-state index in [1.54, 1.807) is 32.0 Å². The third-order valence-corrected chi connectivity index (χ3v) is 3.42. The highest BCUT2D eigenvalue weighted by Crippen LogP contribution is 2.31. The van der Waals surface area contributed by atoms with Crippen LogP contribution in [-0.2, 0) is 0 Å². The van der Waals surface area contributed by atoms with Gasteiger partial charge in [-0.05, 0) is 26.0 Å². The van der Waals surface area contributed by atoms with E-state index in [-0.39, 0.29) is 5.56 Å². The van der Waals surface area contributed by atoms with E-state index in [4.69, 9.17) is 23.2 Å². The fraction of sp³-hybridized carbons (Fsp3) is 0.167. The molecule has 1 heterocycles. The highest BCUT2D eigenvalue weighted by molar-refractivity contribution is 6.43. The Hall–Kier alpha value is -1.32. The Labute approximate surface area is 108 Å². The lowest BCUT2D eigenvalue weighted by Crippen LogP contribution is -2.14. The fourth-order valence-corrected chi connectivity index (χ4v) is 1.85. The molecule has 0 saturated heterocycles. The number of H-pyrrole nitrogens is 1. The van der Waals surface area contributed by atoms with Crippen LogP contribution < -0.4 is 5.56 Å². The zero-order valence-electron chi connectivity index (χ0n) is 9.34. The Morgan fingerprint density at radius 3 is 2.59 bits per heavy atom. The van der Waals surface area contributed by atoms with Crippen LogP contribution >= 0.6 is 23.2 Å². The Kier molecular flexibility index (Phi) is 3.22. The summed E-state index contributed by atoms with van der Waals surface area (Å²) in [6, 6.07) is 5.21. The summed E-state index contributed by atoms with van der Waals surface area (Å²) in [6.07, 6.45) is 0. The molecule has 1 aromatic carbocycles. The van der Waals surface area contributed by atoms with Crippen molar-refractivity contribution in [2.24, 2.45) is 0 Å². The molecule has 0 fully saturated rings. The van der Waals surface area contributed by atoms with Gasteiger partial charge in [0.05, 0.1) is 10.0 Å². The number of halogens is 2. The van der Waals surface area contributed by atoms with Gasteiger partial charge >= 0.3 is 0 Å². The zero-order chi connectivity index (χ0) is 12.6. The van der Waals surface area contributed by atoms with Crippen molar-refractivity contribution in [3.8, 4) is 11.4 Å². The van der Waals surface area contributed by atoms with Gasteiger partial charge in [0, 0.05) is 16.8 Å². The van der Waals surface area contributed by atoms with E-state index in [2.05, 4.69) is 9.97 Å². The second-order valence-corrected chi connectivity index (χ2v) is 4.51. The number of hydrogen-bond donors (Lipinski definition) is 1. The van der Waals surface area contributed by atoms with Crippen LogP contribution in [0.3, 0.4) is 0 Å². The van der Waals surface area contributed by atoms with E-state index in [9.17, 15) is 4.79 Å². The third kappa shape index (κ3) is 2.21. The second-order valence-electron chi connectivity index (χ2n) is 3.73. The monoisotopic (exact) mass is 268 g/mol. The lowest BCUT2D eigenvalue weighted by molar-refractivity contribution is 1.03. The van der Waals surface area contributed by atoms with Crippen LogP contribution in [0.2, 0.25) is 10.0 Å². The lowest BCUT2D eigenvalue weighted by atomic mass is 10.2. The predicted molar refractivity (Wildman–Crippen MR) is 69.8 cm³/mol. The number of rotatable bonds is 1. The van der Waals surface area contributed by atoms with Crippen molar-refractivity contribution in [1.29, 1.82) is 0 Å². The summed E-state index contributed by atoms with van der Waals surface area (Å²) < 4.78 is 0. The van der Waals surface area contributed by atoms with Crippen molar-refractivity contribution in [3.05, 3.63) is 49.9 Å². The summed E-state index contributed by atoms with van der Waals surface area (Å²) in [5, 5.41) is 0.825. The molecule has 0 aliphatic carbocycles. The molecule has 17 heavy (non-hydrogen) atoms. The average molecular weight is 269 g/mol. The molecule has 2 rings (SSSR count). The first-order chi connectivity index (χ1) is 8.00. The summed E-state index contributed by atoms with van der Waals surface area (Å²) in [4.78, 5) is 18.7. The van der Waals surface area contributed by atoms with E-state index in [1.807, 2.05) is 0 Å². The number of hydrogen-bond acceptors (Lipinski definition) is 2. The summed E-state index contributed by atoms with van der Waals surface area (Å²) in [7, 11) is 0. The van der Waals surface area contributed by atoms with Gasteiger partial charge in [-0.3, -0.25) is 4.79 Å².